The summed E-state index contributed by atoms with van der Waals surface area (Å²) in [5, 5.41) is 27.3. The molecule has 1 unspecified atom stereocenters. The molecule has 1 amide bonds. The summed E-state index contributed by atoms with van der Waals surface area (Å²) >= 11 is 6.19. The van der Waals surface area contributed by atoms with Gasteiger partial charge in [0.25, 0.3) is 0 Å². The fourth-order valence-corrected chi connectivity index (χ4v) is 5.20. The highest BCUT2D eigenvalue weighted by molar-refractivity contribution is 6.31. The van der Waals surface area contributed by atoms with E-state index in [0.29, 0.717) is 11.6 Å². The molecule has 1 saturated heterocycles. The molecule has 0 radical (unpaired) electrons. The monoisotopic (exact) mass is 477 g/mol. The van der Waals surface area contributed by atoms with Gasteiger partial charge in [-0.05, 0) is 59.4 Å². The van der Waals surface area contributed by atoms with E-state index in [1.165, 1.54) is 0 Å². The first-order valence-corrected chi connectivity index (χ1v) is 12.0. The van der Waals surface area contributed by atoms with E-state index in [1.807, 2.05) is 54.6 Å². The molecule has 0 saturated carbocycles. The number of nitrogens with one attached hydrogen (secondary N) is 2. The number of fused-ring (bicyclic) bond motifs is 3. The number of piperidine rings is 1. The van der Waals surface area contributed by atoms with E-state index in [1.54, 1.807) is 6.07 Å². The number of hydrogen-bond donors (Lipinski definition) is 4. The predicted octanol–water partition coefficient (Wildman–Crippen LogP) is 4.41. The number of amides is 1. The van der Waals surface area contributed by atoms with Gasteiger partial charge in [-0.3, -0.25) is 9.69 Å². The zero-order valence-corrected chi connectivity index (χ0v) is 19.6. The predicted molar refractivity (Wildman–Crippen MR) is 135 cm³/mol. The first kappa shape index (κ1) is 22.9. The van der Waals surface area contributed by atoms with Gasteiger partial charge in [-0.15, -0.1) is 0 Å². The van der Waals surface area contributed by atoms with Crippen LogP contribution in [0.15, 0.2) is 60.7 Å². The number of benzene rings is 3. The van der Waals surface area contributed by atoms with Gasteiger partial charge in [0, 0.05) is 41.1 Å². The lowest BCUT2D eigenvalue weighted by Crippen LogP contribution is -2.42. The van der Waals surface area contributed by atoms with Gasteiger partial charge in [-0.2, -0.15) is 0 Å². The van der Waals surface area contributed by atoms with Crippen LogP contribution in [0.4, 0.5) is 11.4 Å². The Morgan fingerprint density at radius 3 is 2.56 bits per heavy atom. The minimum absolute atomic E-state index is 0.0457. The first-order chi connectivity index (χ1) is 16.5. The molecule has 1 heterocycles. The number of nitrogens with zero attached hydrogens (tertiary/aromatic N) is 1. The Hall–Kier alpha value is -2.90. The number of rotatable bonds is 6. The Labute approximate surface area is 204 Å². The largest absolute Gasteiger partial charge is 0.392 e. The molecule has 176 valence electrons. The van der Waals surface area contributed by atoms with Crippen molar-refractivity contribution in [2.24, 2.45) is 0 Å². The van der Waals surface area contributed by atoms with E-state index in [4.69, 9.17) is 11.6 Å². The summed E-state index contributed by atoms with van der Waals surface area (Å²) in [6.45, 7) is 1.85. The number of anilines is 2. The number of halogens is 1. The maximum atomic E-state index is 12.7. The highest BCUT2D eigenvalue weighted by Crippen LogP contribution is 2.44. The SMILES string of the molecule is O=C(CN1CCC(Nc2cccc(Cl)c2CO)CC1)Nc1ccc2c(c1)-c1ccccc1C2O. The van der Waals surface area contributed by atoms with Crippen molar-refractivity contribution in [3.8, 4) is 11.1 Å². The van der Waals surface area contributed by atoms with Crippen LogP contribution in [0, 0.1) is 0 Å². The number of hydrogen-bond acceptors (Lipinski definition) is 5. The molecule has 1 atom stereocenters. The fraction of sp³-hybridized carbons (Fsp3) is 0.296. The van der Waals surface area contributed by atoms with Crippen LogP contribution in [0.3, 0.4) is 0 Å². The van der Waals surface area contributed by atoms with E-state index in [2.05, 4.69) is 15.5 Å². The molecule has 3 aromatic carbocycles. The maximum absolute atomic E-state index is 12.7. The molecule has 1 aliphatic carbocycles. The molecule has 0 aromatic heterocycles. The minimum atomic E-state index is -0.619. The van der Waals surface area contributed by atoms with Crippen LogP contribution in [0.5, 0.6) is 0 Å². The Morgan fingerprint density at radius 1 is 1.00 bits per heavy atom. The third-order valence-electron chi connectivity index (χ3n) is 6.77. The molecule has 5 rings (SSSR count). The standard InChI is InChI=1S/C27H28ClN3O3/c28-24-6-3-7-25(23(24)16-32)29-17-10-12-31(13-11-17)15-26(33)30-18-8-9-21-22(14-18)19-4-1-2-5-20(19)27(21)34/h1-9,14,17,27,29,32,34H,10-13,15-16H2,(H,30,33). The topological polar surface area (TPSA) is 84.8 Å². The molecule has 1 aliphatic heterocycles. The van der Waals surface area contributed by atoms with Gasteiger partial charge < -0.3 is 20.8 Å². The zero-order chi connectivity index (χ0) is 23.7. The summed E-state index contributed by atoms with van der Waals surface area (Å²) in [5.41, 5.74) is 6.08. The number of carbonyl (C=O) groups excluding carboxylic acids is 1. The Balaban J connectivity index is 1.16. The third kappa shape index (κ3) is 4.55. The molecule has 6 nitrogen and oxygen atoms in total. The molecule has 1 fully saturated rings. The first-order valence-electron chi connectivity index (χ1n) is 11.6. The Bertz CT molecular complexity index is 1210. The van der Waals surface area contributed by atoms with E-state index in [9.17, 15) is 15.0 Å². The second kappa shape index (κ2) is 9.76. The summed E-state index contributed by atoms with van der Waals surface area (Å²) in [4.78, 5) is 14.9. The van der Waals surface area contributed by atoms with Crippen LogP contribution >= 0.6 is 11.6 Å². The lowest BCUT2D eigenvalue weighted by Gasteiger charge is -2.32. The normalized spacial score (nSPS) is 17.8. The van der Waals surface area contributed by atoms with Crippen LogP contribution in [0.1, 0.15) is 35.6 Å². The molecule has 0 spiro atoms. The molecule has 2 aliphatic rings. The highest BCUT2D eigenvalue weighted by Gasteiger charge is 2.27. The van der Waals surface area contributed by atoms with Gasteiger partial charge in [-0.1, -0.05) is 48.0 Å². The fourth-order valence-electron chi connectivity index (χ4n) is 4.97. The Kier molecular flexibility index (Phi) is 6.57. The van der Waals surface area contributed by atoms with Crippen LogP contribution in [0.2, 0.25) is 5.02 Å². The second-order valence-electron chi connectivity index (χ2n) is 8.96. The van der Waals surface area contributed by atoms with Crippen LogP contribution in [-0.4, -0.2) is 46.7 Å². The highest BCUT2D eigenvalue weighted by atomic mass is 35.5. The van der Waals surface area contributed by atoms with Crippen molar-refractivity contribution in [3.63, 3.8) is 0 Å². The van der Waals surface area contributed by atoms with Crippen molar-refractivity contribution in [1.29, 1.82) is 0 Å². The molecular weight excluding hydrogens is 450 g/mol. The number of carbonyl (C=O) groups is 1. The van der Waals surface area contributed by atoms with Crippen molar-refractivity contribution >= 4 is 28.9 Å². The van der Waals surface area contributed by atoms with Gasteiger partial charge >= 0.3 is 0 Å². The van der Waals surface area contributed by atoms with E-state index >= 15 is 0 Å². The van der Waals surface area contributed by atoms with Crippen molar-refractivity contribution in [2.75, 3.05) is 30.3 Å². The van der Waals surface area contributed by atoms with Gasteiger partial charge in [-0.25, -0.2) is 0 Å². The van der Waals surface area contributed by atoms with Crippen LogP contribution in [-0.2, 0) is 11.4 Å². The molecule has 0 bridgehead atoms. The van der Waals surface area contributed by atoms with Gasteiger partial charge in [0.2, 0.25) is 5.91 Å². The minimum Gasteiger partial charge on any atom is -0.392 e. The number of aliphatic hydroxyl groups is 2. The molecule has 3 aromatic rings. The summed E-state index contributed by atoms with van der Waals surface area (Å²) < 4.78 is 0. The van der Waals surface area contributed by atoms with Crippen LogP contribution < -0.4 is 10.6 Å². The van der Waals surface area contributed by atoms with E-state index < -0.39 is 6.10 Å². The lowest BCUT2D eigenvalue weighted by atomic mass is 10.0. The summed E-state index contributed by atoms with van der Waals surface area (Å²) in [7, 11) is 0. The molecule has 7 heteroatoms. The van der Waals surface area contributed by atoms with Crippen molar-refractivity contribution < 1.29 is 15.0 Å². The van der Waals surface area contributed by atoms with Crippen molar-refractivity contribution in [2.45, 2.75) is 31.6 Å². The maximum Gasteiger partial charge on any atom is 0.238 e. The van der Waals surface area contributed by atoms with E-state index in [-0.39, 0.29) is 18.6 Å². The number of likely N-dealkylation sites (tertiary alicyclic amines) is 1. The quantitative estimate of drug-likeness (QED) is 0.422. The summed E-state index contributed by atoms with van der Waals surface area (Å²) in [6.07, 6.45) is 1.18. The average molecular weight is 478 g/mol. The van der Waals surface area contributed by atoms with E-state index in [0.717, 1.165) is 65.1 Å². The zero-order valence-electron chi connectivity index (χ0n) is 18.8. The molecular formula is C27H28ClN3O3. The smallest absolute Gasteiger partial charge is 0.238 e. The van der Waals surface area contributed by atoms with Gasteiger partial charge in [0.1, 0.15) is 6.10 Å². The molecule has 4 N–H and O–H groups in total. The summed E-state index contributed by atoms with van der Waals surface area (Å²) in [6, 6.07) is 19.4. The number of aliphatic hydroxyl groups excluding tert-OH is 2. The van der Waals surface area contributed by atoms with Crippen LogP contribution in [0.25, 0.3) is 11.1 Å². The van der Waals surface area contributed by atoms with Gasteiger partial charge in [0.05, 0.1) is 13.2 Å². The molecule has 34 heavy (non-hydrogen) atoms. The van der Waals surface area contributed by atoms with Crippen molar-refractivity contribution in [1.82, 2.24) is 4.90 Å². The average Bonchev–Trinajstić information content (AvgIpc) is 3.12. The second-order valence-corrected chi connectivity index (χ2v) is 9.37. The third-order valence-corrected chi connectivity index (χ3v) is 7.12. The lowest BCUT2D eigenvalue weighted by molar-refractivity contribution is -0.117. The van der Waals surface area contributed by atoms with Crippen molar-refractivity contribution in [3.05, 3.63) is 82.4 Å². The Morgan fingerprint density at radius 2 is 1.76 bits per heavy atom. The van der Waals surface area contributed by atoms with Gasteiger partial charge in [0.15, 0.2) is 0 Å². The summed E-state index contributed by atoms with van der Waals surface area (Å²) in [5.74, 6) is -0.0457.